The molecular weight excluding hydrogens is 381 g/mol. The maximum absolute atomic E-state index is 13.2. The molecule has 2 heterocycles. The number of hydrogen-bond donors (Lipinski definition) is 0. The van der Waals surface area contributed by atoms with Gasteiger partial charge in [0.25, 0.3) is 0 Å². The van der Waals surface area contributed by atoms with E-state index in [9.17, 15) is 9.18 Å². The molecule has 1 aliphatic rings. The molecule has 1 aliphatic heterocycles. The zero-order chi connectivity index (χ0) is 20.9. The molecular formula is C24H24FN3O2. The highest BCUT2D eigenvalue weighted by atomic mass is 19.1. The quantitative estimate of drug-likeness (QED) is 0.261. The van der Waals surface area contributed by atoms with E-state index in [1.807, 2.05) is 43.7 Å². The highest BCUT2D eigenvalue weighted by Crippen LogP contribution is 2.33. The molecule has 1 fully saturated rings. The second kappa shape index (κ2) is 9.13. The van der Waals surface area contributed by atoms with E-state index in [-0.39, 0.29) is 0 Å². The smallest absolute Gasteiger partial charge is 0.212 e. The van der Waals surface area contributed by atoms with Crippen molar-refractivity contribution in [3.63, 3.8) is 0 Å². The van der Waals surface area contributed by atoms with Crippen LogP contribution in [0, 0.1) is 5.95 Å². The molecule has 0 aliphatic carbocycles. The summed E-state index contributed by atoms with van der Waals surface area (Å²) in [5.41, 5.74) is 3.07. The van der Waals surface area contributed by atoms with Gasteiger partial charge in [0.05, 0.1) is 12.0 Å². The predicted octanol–water partition coefficient (Wildman–Crippen LogP) is 4.55. The number of aromatic nitrogens is 1. The third-order valence-corrected chi connectivity index (χ3v) is 5.58. The molecule has 154 valence electrons. The molecule has 3 aromatic rings. The lowest BCUT2D eigenvalue weighted by atomic mass is 9.95. The van der Waals surface area contributed by atoms with Gasteiger partial charge in [0.15, 0.2) is 6.29 Å². The van der Waals surface area contributed by atoms with Gasteiger partial charge in [-0.05, 0) is 47.9 Å². The van der Waals surface area contributed by atoms with Crippen LogP contribution in [-0.4, -0.2) is 48.8 Å². The van der Waals surface area contributed by atoms with Gasteiger partial charge in [0.1, 0.15) is 0 Å². The van der Waals surface area contributed by atoms with Gasteiger partial charge in [0.2, 0.25) is 5.95 Å². The van der Waals surface area contributed by atoms with Gasteiger partial charge < -0.3 is 9.64 Å². The molecule has 0 bridgehead atoms. The van der Waals surface area contributed by atoms with Crippen LogP contribution in [0.4, 0.5) is 10.1 Å². The molecule has 1 saturated heterocycles. The van der Waals surface area contributed by atoms with Crippen LogP contribution in [0.5, 0.6) is 0 Å². The van der Waals surface area contributed by atoms with E-state index in [0.29, 0.717) is 23.7 Å². The van der Waals surface area contributed by atoms with Crippen molar-refractivity contribution in [3.05, 3.63) is 71.3 Å². The lowest BCUT2D eigenvalue weighted by molar-refractivity contribution is 0.0616. The number of benzene rings is 2. The van der Waals surface area contributed by atoms with E-state index in [1.54, 1.807) is 6.07 Å². The molecule has 0 spiro atoms. The Morgan fingerprint density at radius 3 is 2.67 bits per heavy atom. The van der Waals surface area contributed by atoms with E-state index in [2.05, 4.69) is 9.88 Å². The van der Waals surface area contributed by atoms with E-state index >= 15 is 0 Å². The van der Waals surface area contributed by atoms with Crippen molar-refractivity contribution in [2.45, 2.75) is 25.3 Å². The van der Waals surface area contributed by atoms with Gasteiger partial charge in [-0.3, -0.25) is 4.79 Å². The van der Waals surface area contributed by atoms with Gasteiger partial charge in [-0.15, -0.1) is 0 Å². The number of aldehydes is 1. The molecule has 1 aromatic heterocycles. The highest BCUT2D eigenvalue weighted by Gasteiger charge is 2.17. The topological polar surface area (TPSA) is 54.8 Å². The molecule has 0 unspecified atom stereocenters. The van der Waals surface area contributed by atoms with Crippen LogP contribution < -0.4 is 0 Å². The third-order valence-electron chi connectivity index (χ3n) is 5.58. The number of carbonyl (C=O) groups is 1. The van der Waals surface area contributed by atoms with Gasteiger partial charge in [0, 0.05) is 43.4 Å². The molecule has 30 heavy (non-hydrogen) atoms. The number of rotatable bonds is 6. The Bertz CT molecular complexity index is 1060. The number of aliphatic imine (C=N–C) groups is 1. The maximum Gasteiger partial charge on any atom is 0.212 e. The summed E-state index contributed by atoms with van der Waals surface area (Å²) < 4.78 is 18.6. The monoisotopic (exact) mass is 405 g/mol. The second-order valence-corrected chi connectivity index (χ2v) is 7.56. The number of pyridine rings is 1. The fraction of sp³-hybridized carbons (Fsp3) is 0.292. The Balaban J connectivity index is 1.70. The molecule has 0 amide bonds. The van der Waals surface area contributed by atoms with Crippen LogP contribution in [0.15, 0.2) is 53.7 Å². The first-order valence-electron chi connectivity index (χ1n) is 10.1. The molecule has 0 N–H and O–H groups in total. The predicted molar refractivity (Wildman–Crippen MR) is 116 cm³/mol. The number of carbonyl (C=O) groups excluding carboxylic acids is 1. The number of halogens is 1. The summed E-state index contributed by atoms with van der Waals surface area (Å²) in [6.45, 7) is 1.52. The number of fused-ring (bicyclic) bond motifs is 1. The first kappa shape index (κ1) is 20.2. The fourth-order valence-electron chi connectivity index (χ4n) is 3.91. The van der Waals surface area contributed by atoms with Crippen LogP contribution in [0.3, 0.4) is 0 Å². The minimum absolute atomic E-state index is 0.388. The van der Waals surface area contributed by atoms with Crippen LogP contribution in [0.1, 0.15) is 34.3 Å². The van der Waals surface area contributed by atoms with E-state index in [0.717, 1.165) is 54.2 Å². The molecule has 0 atom stereocenters. The van der Waals surface area contributed by atoms with Gasteiger partial charge in [-0.1, -0.05) is 30.3 Å². The second-order valence-electron chi connectivity index (χ2n) is 7.56. The van der Waals surface area contributed by atoms with Crippen LogP contribution >= 0.6 is 0 Å². The highest BCUT2D eigenvalue weighted by molar-refractivity contribution is 6.03. The minimum Gasteiger partial charge on any atom is -0.381 e. The van der Waals surface area contributed by atoms with E-state index < -0.39 is 5.95 Å². The standard InChI is InChI=1S/C24H24FN3O2/c1-28(20-8-10-30-11-9-20)16-27-24-19(15-29)13-18(21-4-2-3-5-22(21)24)12-17-6-7-23(25)26-14-17/h2-7,13-16,20H,8-12H2,1H3. The fourth-order valence-corrected chi connectivity index (χ4v) is 3.91. The Labute approximate surface area is 175 Å². The zero-order valence-electron chi connectivity index (χ0n) is 16.9. The molecule has 4 rings (SSSR count). The minimum atomic E-state index is -0.504. The number of hydrogen-bond acceptors (Lipinski definition) is 4. The third kappa shape index (κ3) is 4.39. The Morgan fingerprint density at radius 1 is 1.20 bits per heavy atom. The van der Waals surface area contributed by atoms with Crippen molar-refractivity contribution < 1.29 is 13.9 Å². The number of nitrogens with zero attached hydrogens (tertiary/aromatic N) is 3. The lowest BCUT2D eigenvalue weighted by Gasteiger charge is -2.29. The average Bonchev–Trinajstić information content (AvgIpc) is 2.80. The molecule has 6 heteroatoms. The maximum atomic E-state index is 13.2. The van der Waals surface area contributed by atoms with E-state index in [4.69, 9.17) is 9.73 Å². The first-order valence-corrected chi connectivity index (χ1v) is 10.1. The average molecular weight is 405 g/mol. The van der Waals surface area contributed by atoms with Gasteiger partial charge in [-0.2, -0.15) is 4.39 Å². The first-order chi connectivity index (χ1) is 14.7. The molecule has 2 aromatic carbocycles. The van der Waals surface area contributed by atoms with Crippen LogP contribution in [0.25, 0.3) is 10.8 Å². The molecule has 0 radical (unpaired) electrons. The van der Waals surface area contributed by atoms with Crippen molar-refractivity contribution in [2.75, 3.05) is 20.3 Å². The Kier molecular flexibility index (Phi) is 6.14. The van der Waals surface area contributed by atoms with Crippen LogP contribution in [-0.2, 0) is 11.2 Å². The van der Waals surface area contributed by atoms with Crippen molar-refractivity contribution >= 4 is 29.1 Å². The Morgan fingerprint density at radius 2 is 1.97 bits per heavy atom. The lowest BCUT2D eigenvalue weighted by Crippen LogP contribution is -2.35. The summed E-state index contributed by atoms with van der Waals surface area (Å²) >= 11 is 0. The summed E-state index contributed by atoms with van der Waals surface area (Å²) in [4.78, 5) is 22.4. The van der Waals surface area contributed by atoms with Gasteiger partial charge >= 0.3 is 0 Å². The SMILES string of the molecule is CN(C=Nc1c(C=O)cc(Cc2ccc(F)nc2)c2ccccc12)C1CCOCC1. The summed E-state index contributed by atoms with van der Waals surface area (Å²) in [5.74, 6) is -0.504. The van der Waals surface area contributed by atoms with Crippen LogP contribution in [0.2, 0.25) is 0 Å². The van der Waals surface area contributed by atoms with Gasteiger partial charge in [-0.25, -0.2) is 9.98 Å². The van der Waals surface area contributed by atoms with E-state index in [1.165, 1.54) is 12.3 Å². The van der Waals surface area contributed by atoms with Crippen molar-refractivity contribution in [2.24, 2.45) is 4.99 Å². The van der Waals surface area contributed by atoms with Crippen molar-refractivity contribution in [3.8, 4) is 0 Å². The molecule has 0 saturated carbocycles. The largest absolute Gasteiger partial charge is 0.381 e. The molecule has 5 nitrogen and oxygen atoms in total. The van der Waals surface area contributed by atoms with Crippen molar-refractivity contribution in [1.29, 1.82) is 0 Å². The van der Waals surface area contributed by atoms with Crippen molar-refractivity contribution in [1.82, 2.24) is 9.88 Å². The Hall–Kier alpha value is -3.12. The zero-order valence-corrected chi connectivity index (χ0v) is 16.9. The normalized spacial score (nSPS) is 15.0. The summed E-state index contributed by atoms with van der Waals surface area (Å²) in [6, 6.07) is 13.2. The summed E-state index contributed by atoms with van der Waals surface area (Å²) in [5, 5.41) is 1.94. The number of ether oxygens (including phenoxy) is 1. The summed E-state index contributed by atoms with van der Waals surface area (Å²) in [6.07, 6.45) is 6.68. The summed E-state index contributed by atoms with van der Waals surface area (Å²) in [7, 11) is 2.01.